The fraction of sp³-hybridized carbons (Fsp3) is 0.108. The molecule has 324 valence electrons. The number of azo groups is 2. The molecule has 0 saturated carbocycles. The zero-order valence-corrected chi connectivity index (χ0v) is 39.4. The molecule has 6 aromatic rings. The Bertz CT molecular complexity index is 3180. The van der Waals surface area contributed by atoms with Crippen LogP contribution in [0.4, 0.5) is 38.9 Å². The Morgan fingerprint density at radius 2 is 0.803 bits per heavy atom. The maximum Gasteiger partial charge on any atom is 1.00 e. The predicted octanol–water partition coefficient (Wildman–Crippen LogP) is -5.27. The van der Waals surface area contributed by atoms with Crippen LogP contribution >= 0.6 is 0 Å². The zero-order valence-electron chi connectivity index (χ0n) is 36.1. The molecule has 29 heteroatoms. The molecule has 0 spiro atoms. The Kier molecular flexibility index (Phi) is 19.7. The first kappa shape index (κ1) is 58.1. The van der Waals surface area contributed by atoms with E-state index in [0.717, 1.165) is 48.5 Å². The van der Waals surface area contributed by atoms with E-state index in [2.05, 4.69) is 31.1 Å². The van der Waals surface area contributed by atoms with E-state index in [1.807, 2.05) is 0 Å². The van der Waals surface area contributed by atoms with Crippen molar-refractivity contribution >= 4 is 102 Å². The molecule has 0 heterocycles. The van der Waals surface area contributed by atoms with Crippen LogP contribution < -0.4 is 95.5 Å². The Morgan fingerprint density at radius 3 is 1.11 bits per heavy atom. The summed E-state index contributed by atoms with van der Waals surface area (Å²) in [7, 11) is -18.0. The molecule has 0 radical (unpaired) electrons. The first-order valence-corrected chi connectivity index (χ1v) is 22.8. The van der Waals surface area contributed by atoms with Gasteiger partial charge in [-0.2, -0.15) is 20.5 Å². The normalized spacial score (nSPS) is 11.9. The number of nitrogens with one attached hydrogen (secondary N) is 2. The molecule has 0 atom stereocenters. The molecule has 6 rings (SSSR count). The number of nitrogens with zero attached hydrogens (tertiary/aromatic N) is 4. The minimum Gasteiger partial charge on any atom is -0.744 e. The number of urea groups is 1. The Balaban J connectivity index is 0.00000374. The summed E-state index contributed by atoms with van der Waals surface area (Å²) in [6, 6.07) is 15.3. The molecule has 21 nitrogen and oxygen atoms in total. The Hall–Kier alpha value is -4.06. The third-order valence-electron chi connectivity index (χ3n) is 8.96. The van der Waals surface area contributed by atoms with Crippen LogP contribution in [-0.4, -0.2) is 72.1 Å². The molecule has 66 heavy (non-hydrogen) atoms. The van der Waals surface area contributed by atoms with Gasteiger partial charge in [0.2, 0.25) is 0 Å². The Labute approximate surface area is 426 Å². The van der Waals surface area contributed by atoms with E-state index in [-0.39, 0.29) is 143 Å². The number of amides is 2. The van der Waals surface area contributed by atoms with Gasteiger partial charge in [-0.15, -0.1) is 0 Å². The van der Waals surface area contributed by atoms with Crippen LogP contribution in [0.1, 0.15) is 11.1 Å². The summed E-state index contributed by atoms with van der Waals surface area (Å²) < 4.78 is 155. The van der Waals surface area contributed by atoms with Crippen molar-refractivity contribution in [3.8, 4) is 11.5 Å². The molecule has 2 amide bonds. The van der Waals surface area contributed by atoms with Crippen molar-refractivity contribution in [1.29, 1.82) is 0 Å². The van der Waals surface area contributed by atoms with E-state index in [4.69, 9.17) is 9.47 Å². The van der Waals surface area contributed by atoms with Crippen molar-refractivity contribution in [2.45, 2.75) is 33.4 Å². The van der Waals surface area contributed by atoms with E-state index in [1.54, 1.807) is 13.8 Å². The number of anilines is 2. The maximum atomic E-state index is 13.3. The second kappa shape index (κ2) is 22.4. The van der Waals surface area contributed by atoms with Crippen LogP contribution in [0.5, 0.6) is 11.5 Å². The van der Waals surface area contributed by atoms with Gasteiger partial charge in [0.1, 0.15) is 52.0 Å². The number of hydrogen-bond acceptors (Lipinski definition) is 19. The minimum atomic E-state index is -5.18. The molecule has 0 unspecified atom stereocenters. The number of carbonyl (C=O) groups is 1. The number of carbonyl (C=O) groups excluding carboxylic acids is 1. The van der Waals surface area contributed by atoms with Gasteiger partial charge in [0.15, 0.2) is 0 Å². The molecule has 0 aromatic heterocycles. The number of hydrogen-bond donors (Lipinski definition) is 2. The first-order chi connectivity index (χ1) is 28.9. The molecule has 0 aliphatic carbocycles. The van der Waals surface area contributed by atoms with Gasteiger partial charge in [0.05, 0.1) is 67.9 Å². The number of methoxy groups -OCH3 is 2. The summed E-state index contributed by atoms with van der Waals surface area (Å²) in [4.78, 5) is 10.1. The fourth-order valence-corrected chi connectivity index (χ4v) is 8.98. The molecule has 6 aromatic carbocycles. The third-order valence-corrected chi connectivity index (χ3v) is 12.5. The second-order valence-corrected chi connectivity index (χ2v) is 18.5. The van der Waals surface area contributed by atoms with E-state index in [0.29, 0.717) is 11.1 Å². The fourth-order valence-electron chi connectivity index (χ4n) is 6.19. The van der Waals surface area contributed by atoms with Gasteiger partial charge >= 0.3 is 81.5 Å². The summed E-state index contributed by atoms with van der Waals surface area (Å²) in [5, 5.41) is 20.1. The topological polar surface area (TPSA) is 338 Å². The molecule has 2 N–H and O–H groups in total. The number of fused-ring (bicyclic) bond motifs is 2. The smallest absolute Gasteiger partial charge is 0.744 e. The predicted molar refractivity (Wildman–Crippen MR) is 216 cm³/mol. The molecule has 0 aliphatic heterocycles. The van der Waals surface area contributed by atoms with Crippen LogP contribution in [0.3, 0.4) is 0 Å². The van der Waals surface area contributed by atoms with E-state index >= 15 is 0 Å². The quantitative estimate of drug-likeness (QED) is 0.0658. The number of ether oxygens (including phenoxy) is 2. The van der Waals surface area contributed by atoms with Crippen molar-refractivity contribution < 1.29 is 142 Å². The minimum absolute atomic E-state index is 0. The molecular formula is C37H28Li4N6O15S4. The van der Waals surface area contributed by atoms with Gasteiger partial charge in [-0.25, -0.2) is 38.5 Å². The van der Waals surface area contributed by atoms with Crippen LogP contribution in [0.25, 0.3) is 21.5 Å². The summed E-state index contributed by atoms with van der Waals surface area (Å²) in [5.74, 6) is 0.141. The van der Waals surface area contributed by atoms with Gasteiger partial charge < -0.3 is 38.3 Å². The number of aryl methyl sites for hydroxylation is 2. The van der Waals surface area contributed by atoms with Crippen LogP contribution in [0, 0.1) is 13.8 Å². The standard InChI is InChI=1S/C37H32N6O15S4.4Li/c1-19-11-29(31(57-3)17-27(19)42-40-21-13-25-23(35(15-21)61(51,52)53)7-5-9-33(25)59(45,46)47)38-37(44)39-30-12-20(2)28(18-32(30)58-4)43-41-22-14-26-24(36(16-22)62(54,55)56)8-6-10-34(26)60(48,49)50;;;;/h5-18H,1-4H3,(H2,38,39,44)(H,45,46,47)(H,48,49,50)(H,51,52,53)(H,54,55,56);;;;/q;4*+1/p-4. The summed E-state index contributed by atoms with van der Waals surface area (Å²) >= 11 is 0. The van der Waals surface area contributed by atoms with Gasteiger partial charge in [0, 0.05) is 33.7 Å². The van der Waals surface area contributed by atoms with Crippen molar-refractivity contribution in [3.63, 3.8) is 0 Å². The van der Waals surface area contributed by atoms with E-state index < -0.39 is 66.1 Å². The van der Waals surface area contributed by atoms with Crippen molar-refractivity contribution in [2.24, 2.45) is 20.5 Å². The maximum absolute atomic E-state index is 13.3. The molecular weight excluding hydrogens is 924 g/mol. The van der Waals surface area contributed by atoms with Crippen LogP contribution in [-0.2, 0) is 40.5 Å². The van der Waals surface area contributed by atoms with Gasteiger partial charge in [-0.1, -0.05) is 24.3 Å². The average Bonchev–Trinajstić information content (AvgIpc) is 3.17. The summed E-state index contributed by atoms with van der Waals surface area (Å²) in [6.45, 7) is 3.16. The molecule has 0 bridgehead atoms. The average molecular weight is 953 g/mol. The van der Waals surface area contributed by atoms with Crippen molar-refractivity contribution in [3.05, 3.63) is 96.1 Å². The number of rotatable bonds is 12. The van der Waals surface area contributed by atoms with Gasteiger partial charge in [-0.3, -0.25) is 0 Å². The van der Waals surface area contributed by atoms with Crippen molar-refractivity contribution in [1.82, 2.24) is 0 Å². The summed E-state index contributed by atoms with van der Waals surface area (Å²) in [5.41, 5.74) is 0.792. The number of benzene rings is 6. The van der Waals surface area contributed by atoms with E-state index in [1.165, 1.54) is 50.6 Å². The molecule has 0 aliphatic rings. The molecule has 0 saturated heterocycles. The van der Waals surface area contributed by atoms with Gasteiger partial charge in [-0.05, 0) is 73.5 Å². The monoisotopic (exact) mass is 952 g/mol. The third kappa shape index (κ3) is 13.1. The SMILES string of the molecule is COc1cc(N=Nc2cc(S(=O)(=O)[O-])c3cccc(S(=O)(=O)[O-])c3c2)c(C)cc1NC(=O)Nc1cc(C)c(N=Nc2cc(S(=O)(=O)[O-])c3cccc(S(=O)(=O)[O-])c3c2)cc1OC.[Li+].[Li+].[Li+].[Li+]. The van der Waals surface area contributed by atoms with Gasteiger partial charge in [0.25, 0.3) is 0 Å². The van der Waals surface area contributed by atoms with E-state index in [9.17, 15) is 56.7 Å². The van der Waals surface area contributed by atoms with Crippen LogP contribution in [0.2, 0.25) is 0 Å². The van der Waals surface area contributed by atoms with Crippen LogP contribution in [0.15, 0.2) is 125 Å². The largest absolute Gasteiger partial charge is 1.00 e. The zero-order chi connectivity index (χ0) is 45.5. The van der Waals surface area contributed by atoms with Crippen molar-refractivity contribution in [2.75, 3.05) is 24.9 Å². The Morgan fingerprint density at radius 1 is 0.470 bits per heavy atom. The second-order valence-electron chi connectivity index (χ2n) is 13.1. The summed E-state index contributed by atoms with van der Waals surface area (Å²) in [6.07, 6.45) is 0. The first-order valence-electron chi connectivity index (χ1n) is 17.1. The molecule has 0 fully saturated rings.